The van der Waals surface area contributed by atoms with E-state index in [1.807, 2.05) is 0 Å². The van der Waals surface area contributed by atoms with Gasteiger partial charge in [-0.15, -0.1) is 0 Å². The van der Waals surface area contributed by atoms with Crippen LogP contribution in [-0.4, -0.2) is 48.5 Å². The number of carbonyl (C=O) groups is 1. The Kier molecular flexibility index (Phi) is 4.30. The van der Waals surface area contributed by atoms with Crippen LogP contribution in [0.15, 0.2) is 41.2 Å². The molecule has 0 fully saturated rings. The fourth-order valence-corrected chi connectivity index (χ4v) is 3.73. The summed E-state index contributed by atoms with van der Waals surface area (Å²) in [7, 11) is 0. The number of nitrogens with one attached hydrogen (secondary N) is 1. The van der Waals surface area contributed by atoms with Gasteiger partial charge < -0.3 is 14.3 Å². The fraction of sp³-hybridized carbons (Fsp3) is 0.263. The van der Waals surface area contributed by atoms with Gasteiger partial charge in [0.05, 0.1) is 12.0 Å². The standard InChI is InChI=1S/C19H15F3N6O2/c20-10-2-1-3-12-17(10)30-18(26-12)16-15-11(23-9-24-15)5-7-27(16)19(29)13-4-6-25-28(13)8-14(21)22/h1-4,6,9,14,16H,5,7-8H2,(H,23,24)/t16-/m0/s1. The third-order valence-electron chi connectivity index (χ3n) is 5.05. The predicted molar refractivity (Wildman–Crippen MR) is 97.4 cm³/mol. The molecule has 1 atom stereocenters. The number of H-pyrrole nitrogens is 1. The third kappa shape index (κ3) is 2.93. The first-order valence-electron chi connectivity index (χ1n) is 9.21. The first-order valence-corrected chi connectivity index (χ1v) is 9.21. The number of amides is 1. The summed E-state index contributed by atoms with van der Waals surface area (Å²) in [6.45, 7) is -0.436. The van der Waals surface area contributed by atoms with Crippen molar-refractivity contribution in [3.63, 3.8) is 0 Å². The molecule has 0 saturated carbocycles. The molecule has 4 heterocycles. The average Bonchev–Trinajstić information content (AvgIpc) is 3.45. The fourth-order valence-electron chi connectivity index (χ4n) is 3.73. The number of para-hydroxylation sites is 1. The number of nitrogens with zero attached hydrogens (tertiary/aromatic N) is 5. The predicted octanol–water partition coefficient (Wildman–Crippen LogP) is 2.94. The third-order valence-corrected chi connectivity index (χ3v) is 5.05. The molecule has 8 nitrogen and oxygen atoms in total. The van der Waals surface area contributed by atoms with Crippen LogP contribution in [0.5, 0.6) is 0 Å². The molecule has 11 heteroatoms. The molecular formula is C19H15F3N6O2. The molecule has 1 aromatic carbocycles. The summed E-state index contributed by atoms with van der Waals surface area (Å²) >= 11 is 0. The van der Waals surface area contributed by atoms with Crippen LogP contribution in [0.25, 0.3) is 11.1 Å². The van der Waals surface area contributed by atoms with Crippen LogP contribution in [0.1, 0.15) is 33.8 Å². The monoisotopic (exact) mass is 416 g/mol. The lowest BCUT2D eigenvalue weighted by Gasteiger charge is -2.33. The van der Waals surface area contributed by atoms with Crippen molar-refractivity contribution in [3.05, 3.63) is 65.6 Å². The summed E-state index contributed by atoms with van der Waals surface area (Å²) in [4.78, 5) is 26.4. The minimum absolute atomic E-state index is 0.0153. The van der Waals surface area contributed by atoms with Crippen molar-refractivity contribution in [1.29, 1.82) is 0 Å². The van der Waals surface area contributed by atoms with Crippen LogP contribution in [0.3, 0.4) is 0 Å². The normalized spacial score (nSPS) is 16.4. The van der Waals surface area contributed by atoms with E-state index in [0.717, 1.165) is 10.4 Å². The highest BCUT2D eigenvalue weighted by atomic mass is 19.3. The summed E-state index contributed by atoms with van der Waals surface area (Å²) < 4.78 is 46.5. The van der Waals surface area contributed by atoms with E-state index in [-0.39, 0.29) is 23.7 Å². The van der Waals surface area contributed by atoms with Gasteiger partial charge in [0.15, 0.2) is 17.4 Å². The van der Waals surface area contributed by atoms with E-state index < -0.39 is 30.7 Å². The van der Waals surface area contributed by atoms with Gasteiger partial charge in [-0.2, -0.15) is 5.10 Å². The SMILES string of the molecule is O=C(c1ccnn1CC(F)F)N1CCc2[nH]cnc2[C@H]1c1nc2cccc(F)c2o1. The highest BCUT2D eigenvalue weighted by Crippen LogP contribution is 2.35. The zero-order valence-corrected chi connectivity index (χ0v) is 15.4. The number of aromatic nitrogens is 5. The maximum Gasteiger partial charge on any atom is 0.273 e. The van der Waals surface area contributed by atoms with Gasteiger partial charge in [0.2, 0.25) is 5.89 Å². The Hall–Kier alpha value is -3.63. The Bertz CT molecular complexity index is 1230. The Balaban J connectivity index is 1.60. The minimum atomic E-state index is -2.66. The average molecular weight is 416 g/mol. The van der Waals surface area contributed by atoms with Crippen LogP contribution in [-0.2, 0) is 13.0 Å². The molecule has 154 valence electrons. The second-order valence-corrected chi connectivity index (χ2v) is 6.85. The lowest BCUT2D eigenvalue weighted by Crippen LogP contribution is -2.42. The zero-order valence-electron chi connectivity index (χ0n) is 15.4. The smallest absolute Gasteiger partial charge is 0.273 e. The van der Waals surface area contributed by atoms with Gasteiger partial charge in [0.1, 0.15) is 17.8 Å². The molecule has 1 aliphatic rings. The molecule has 0 aliphatic carbocycles. The number of imidazole rings is 1. The van der Waals surface area contributed by atoms with Gasteiger partial charge in [-0.05, 0) is 18.2 Å². The lowest BCUT2D eigenvalue weighted by molar-refractivity contribution is 0.0643. The summed E-state index contributed by atoms with van der Waals surface area (Å²) in [6.07, 6.45) is 0.612. The number of hydrogen-bond acceptors (Lipinski definition) is 5. The summed E-state index contributed by atoms with van der Waals surface area (Å²) in [5, 5.41) is 3.83. The Labute approximate surface area is 167 Å². The number of hydrogen-bond donors (Lipinski definition) is 1. The molecule has 0 unspecified atom stereocenters. The van der Waals surface area contributed by atoms with Crippen LogP contribution in [0.4, 0.5) is 13.2 Å². The van der Waals surface area contributed by atoms with Crippen molar-refractivity contribution in [2.24, 2.45) is 0 Å². The highest BCUT2D eigenvalue weighted by Gasteiger charge is 2.39. The van der Waals surface area contributed by atoms with Crippen LogP contribution in [0, 0.1) is 5.82 Å². The van der Waals surface area contributed by atoms with Crippen molar-refractivity contribution in [3.8, 4) is 0 Å². The van der Waals surface area contributed by atoms with Gasteiger partial charge in [0.25, 0.3) is 12.3 Å². The van der Waals surface area contributed by atoms with Gasteiger partial charge in [-0.1, -0.05) is 6.07 Å². The Morgan fingerprint density at radius 3 is 3.00 bits per heavy atom. The largest absolute Gasteiger partial charge is 0.435 e. The van der Waals surface area contributed by atoms with Crippen molar-refractivity contribution in [2.75, 3.05) is 6.54 Å². The summed E-state index contributed by atoms with van der Waals surface area (Å²) in [5.41, 5.74) is 1.61. The first kappa shape index (κ1) is 18.4. The number of oxazole rings is 1. The van der Waals surface area contributed by atoms with Gasteiger partial charge in [0, 0.05) is 24.9 Å². The topological polar surface area (TPSA) is 92.8 Å². The van der Waals surface area contributed by atoms with E-state index in [9.17, 15) is 18.0 Å². The van der Waals surface area contributed by atoms with E-state index in [0.29, 0.717) is 17.6 Å². The second-order valence-electron chi connectivity index (χ2n) is 6.85. The molecule has 4 aromatic rings. The number of carbonyl (C=O) groups excluding carboxylic acids is 1. The lowest BCUT2D eigenvalue weighted by atomic mass is 10.0. The molecule has 30 heavy (non-hydrogen) atoms. The van der Waals surface area contributed by atoms with E-state index in [4.69, 9.17) is 4.42 Å². The molecule has 0 saturated heterocycles. The summed E-state index contributed by atoms with van der Waals surface area (Å²) in [6, 6.07) is 4.91. The number of rotatable bonds is 4. The van der Waals surface area contributed by atoms with E-state index in [1.54, 1.807) is 6.07 Å². The van der Waals surface area contributed by atoms with Crippen molar-refractivity contribution >= 4 is 17.0 Å². The molecule has 0 bridgehead atoms. The van der Waals surface area contributed by atoms with Crippen LogP contribution >= 0.6 is 0 Å². The number of halogens is 3. The summed E-state index contributed by atoms with van der Waals surface area (Å²) in [5.74, 6) is -0.997. The van der Waals surface area contributed by atoms with Crippen molar-refractivity contribution < 1.29 is 22.4 Å². The Morgan fingerprint density at radius 2 is 2.20 bits per heavy atom. The molecule has 5 rings (SSSR count). The van der Waals surface area contributed by atoms with E-state index in [2.05, 4.69) is 20.1 Å². The van der Waals surface area contributed by atoms with Crippen LogP contribution < -0.4 is 0 Å². The van der Waals surface area contributed by atoms with Crippen LogP contribution in [0.2, 0.25) is 0 Å². The highest BCUT2D eigenvalue weighted by molar-refractivity contribution is 5.93. The van der Waals surface area contributed by atoms with Gasteiger partial charge >= 0.3 is 0 Å². The van der Waals surface area contributed by atoms with E-state index >= 15 is 0 Å². The van der Waals surface area contributed by atoms with Crippen molar-refractivity contribution in [1.82, 2.24) is 29.6 Å². The first-order chi connectivity index (χ1) is 14.5. The second kappa shape index (κ2) is 7.01. The molecule has 1 amide bonds. The number of alkyl halides is 2. The molecule has 0 radical (unpaired) electrons. The maximum atomic E-state index is 14.1. The maximum absolute atomic E-state index is 14.1. The molecule has 3 aromatic heterocycles. The van der Waals surface area contributed by atoms with Gasteiger partial charge in [-0.3, -0.25) is 9.48 Å². The number of benzene rings is 1. The quantitative estimate of drug-likeness (QED) is 0.552. The number of aromatic amines is 1. The zero-order chi connectivity index (χ0) is 20.8. The number of fused-ring (bicyclic) bond motifs is 2. The van der Waals surface area contributed by atoms with E-state index in [1.165, 1.54) is 35.6 Å². The molecule has 1 N–H and O–H groups in total. The molecule has 1 aliphatic heterocycles. The van der Waals surface area contributed by atoms with Gasteiger partial charge in [-0.25, -0.2) is 23.1 Å². The molecule has 0 spiro atoms. The minimum Gasteiger partial charge on any atom is -0.435 e. The van der Waals surface area contributed by atoms with Crippen molar-refractivity contribution in [2.45, 2.75) is 25.4 Å². The Morgan fingerprint density at radius 1 is 1.33 bits per heavy atom. The molecular weight excluding hydrogens is 401 g/mol.